The molecule has 0 radical (unpaired) electrons. The van der Waals surface area contributed by atoms with Crippen LogP contribution in [0.15, 0.2) is 10.9 Å². The van der Waals surface area contributed by atoms with Crippen molar-refractivity contribution in [2.45, 2.75) is 24.5 Å². The number of primary amides is 1. The fraction of sp³-hybridized carbons (Fsp3) is 0.417. The van der Waals surface area contributed by atoms with Gasteiger partial charge in [0.2, 0.25) is 0 Å². The number of aliphatic hydroxyl groups is 3. The molecule has 1 aliphatic rings. The van der Waals surface area contributed by atoms with E-state index in [1.165, 1.54) is 10.9 Å². The number of anilines is 1. The number of halogens is 1. The van der Waals surface area contributed by atoms with E-state index in [1.54, 1.807) is 0 Å². The maximum absolute atomic E-state index is 11.8. The number of nitrogen functional groups attached to an aromatic ring is 1. The molecule has 1 saturated heterocycles. The van der Waals surface area contributed by atoms with Gasteiger partial charge in [-0.15, -0.1) is 0 Å². The zero-order valence-electron chi connectivity index (χ0n) is 13.6. The quantitative estimate of drug-likeness (QED) is 0.338. The van der Waals surface area contributed by atoms with Crippen LogP contribution in [0.25, 0.3) is 11.0 Å². The van der Waals surface area contributed by atoms with E-state index in [4.69, 9.17) is 16.2 Å². The standard InChI is InChI=1S/C12H14BrN5O5.4H2S/c13-8-4(10(15)22)5-9(14)16-2-17-11(5)18(8)12-7(21)6(20)3(1-19)23-12;;;;/h2-3,6-7,12,19-21H,1H2,(H2,15,22)(H2,14,16,17);4*1H2/t3-,6+,7-,12-;;;;/m0..../s1. The molecule has 0 unspecified atom stereocenters. The number of ether oxygens (including phenoxy) is 1. The average molecular weight is 525 g/mol. The maximum atomic E-state index is 11.8. The Balaban J connectivity index is 0. The van der Waals surface area contributed by atoms with E-state index in [1.807, 2.05) is 0 Å². The Morgan fingerprint density at radius 2 is 1.81 bits per heavy atom. The van der Waals surface area contributed by atoms with Crippen LogP contribution < -0.4 is 11.5 Å². The van der Waals surface area contributed by atoms with Gasteiger partial charge in [0.05, 0.1) is 17.6 Å². The van der Waals surface area contributed by atoms with Crippen LogP contribution in [0.5, 0.6) is 0 Å². The largest absolute Gasteiger partial charge is 0.394 e. The number of amides is 1. The zero-order chi connectivity index (χ0) is 16.9. The van der Waals surface area contributed by atoms with Crippen LogP contribution in [0.3, 0.4) is 0 Å². The summed E-state index contributed by atoms with van der Waals surface area (Å²) in [6, 6.07) is 0. The number of fused-ring (bicyclic) bond motifs is 1. The molecule has 2 aromatic rings. The van der Waals surface area contributed by atoms with Crippen LogP contribution in [-0.2, 0) is 4.74 Å². The number of carbonyl (C=O) groups excluding carboxylic acids is 1. The molecule has 1 aliphatic heterocycles. The third-order valence-electron chi connectivity index (χ3n) is 3.77. The Morgan fingerprint density at radius 1 is 1.22 bits per heavy atom. The summed E-state index contributed by atoms with van der Waals surface area (Å²) in [5.74, 6) is -0.733. The highest BCUT2D eigenvalue weighted by Gasteiger charge is 2.45. The van der Waals surface area contributed by atoms with Gasteiger partial charge in [-0.1, -0.05) is 0 Å². The molecule has 0 aliphatic carbocycles. The molecule has 0 saturated carbocycles. The fourth-order valence-corrected chi connectivity index (χ4v) is 3.44. The summed E-state index contributed by atoms with van der Waals surface area (Å²) >= 11 is 3.23. The number of rotatable bonds is 3. The van der Waals surface area contributed by atoms with Crippen molar-refractivity contribution in [3.63, 3.8) is 0 Å². The summed E-state index contributed by atoms with van der Waals surface area (Å²) in [4.78, 5) is 19.6. The van der Waals surface area contributed by atoms with Gasteiger partial charge in [0.25, 0.3) is 5.91 Å². The molecule has 0 spiro atoms. The summed E-state index contributed by atoms with van der Waals surface area (Å²) in [6.07, 6.45) is -3.54. The Kier molecular flexibility index (Phi) is 11.7. The van der Waals surface area contributed by atoms with E-state index in [9.17, 15) is 20.1 Å². The molecule has 7 N–H and O–H groups in total. The summed E-state index contributed by atoms with van der Waals surface area (Å²) in [5, 5.41) is 29.5. The van der Waals surface area contributed by atoms with E-state index in [2.05, 4.69) is 25.9 Å². The number of nitrogens with zero attached hydrogens (tertiary/aromatic N) is 3. The Morgan fingerprint density at radius 3 is 2.30 bits per heavy atom. The maximum Gasteiger partial charge on any atom is 0.252 e. The number of nitrogens with two attached hydrogens (primary N) is 2. The number of hydrogen-bond acceptors (Lipinski definition) is 8. The third-order valence-corrected chi connectivity index (χ3v) is 4.55. The van der Waals surface area contributed by atoms with Crippen LogP contribution in [-0.4, -0.2) is 60.7 Å². The molecule has 10 nitrogen and oxygen atoms in total. The molecule has 156 valence electrons. The highest BCUT2D eigenvalue weighted by Crippen LogP contribution is 2.39. The van der Waals surface area contributed by atoms with E-state index >= 15 is 0 Å². The second-order valence-electron chi connectivity index (χ2n) is 5.09. The summed E-state index contributed by atoms with van der Waals surface area (Å²) < 4.78 is 7.00. The van der Waals surface area contributed by atoms with Gasteiger partial charge in [-0.3, -0.25) is 9.36 Å². The lowest BCUT2D eigenvalue weighted by molar-refractivity contribution is -0.0518. The summed E-state index contributed by atoms with van der Waals surface area (Å²) in [6.45, 7) is -0.481. The molecule has 0 bridgehead atoms. The minimum absolute atomic E-state index is 0. The van der Waals surface area contributed by atoms with E-state index in [-0.39, 0.29) is 81.0 Å². The van der Waals surface area contributed by atoms with Gasteiger partial charge >= 0.3 is 0 Å². The van der Waals surface area contributed by atoms with Crippen molar-refractivity contribution >= 4 is 92.7 Å². The van der Waals surface area contributed by atoms with Crippen molar-refractivity contribution < 1.29 is 24.9 Å². The Hall–Kier alpha value is -0.390. The normalized spacial score (nSPS) is 23.6. The first-order valence-corrected chi connectivity index (χ1v) is 7.39. The second kappa shape index (κ2) is 11.0. The predicted molar refractivity (Wildman–Crippen MR) is 123 cm³/mol. The second-order valence-corrected chi connectivity index (χ2v) is 5.84. The van der Waals surface area contributed by atoms with E-state index < -0.39 is 37.1 Å². The van der Waals surface area contributed by atoms with Crippen LogP contribution in [0, 0.1) is 0 Å². The number of aliphatic hydroxyl groups excluding tert-OH is 3. The van der Waals surface area contributed by atoms with Crippen LogP contribution in [0.1, 0.15) is 16.6 Å². The first kappa shape index (κ1) is 28.8. The average Bonchev–Trinajstić information content (AvgIpc) is 2.95. The summed E-state index contributed by atoms with van der Waals surface area (Å²) in [5.41, 5.74) is 11.4. The molecule has 3 rings (SSSR count). The van der Waals surface area contributed by atoms with Gasteiger partial charge in [0.1, 0.15) is 40.7 Å². The van der Waals surface area contributed by atoms with E-state index in [0.29, 0.717) is 0 Å². The minimum atomic E-state index is -1.35. The smallest absolute Gasteiger partial charge is 0.252 e. The first-order valence-electron chi connectivity index (χ1n) is 6.60. The van der Waals surface area contributed by atoms with Crippen molar-refractivity contribution in [2.24, 2.45) is 5.73 Å². The Bertz CT molecular complexity index is 797. The molecule has 27 heavy (non-hydrogen) atoms. The van der Waals surface area contributed by atoms with Crippen LogP contribution in [0.2, 0.25) is 0 Å². The van der Waals surface area contributed by atoms with Crippen LogP contribution in [0.4, 0.5) is 5.82 Å². The predicted octanol–water partition coefficient (Wildman–Crippen LogP) is -1.06. The highest BCUT2D eigenvalue weighted by atomic mass is 79.9. The lowest BCUT2D eigenvalue weighted by Crippen LogP contribution is -2.33. The van der Waals surface area contributed by atoms with Crippen LogP contribution >= 0.6 is 69.9 Å². The number of hydrogen-bond donors (Lipinski definition) is 5. The number of aromatic nitrogens is 3. The van der Waals surface area contributed by atoms with E-state index in [0.717, 1.165) is 0 Å². The SMILES string of the molecule is NC(=O)c1c(Br)n([C@H]2O[C@@H](CO)[C@@H](O)[C@@H]2O)c2ncnc(N)c12.S.S.S.S. The van der Waals surface area contributed by atoms with Gasteiger partial charge in [-0.05, 0) is 15.9 Å². The van der Waals surface area contributed by atoms with Crippen molar-refractivity contribution in [2.75, 3.05) is 12.3 Å². The molecule has 1 fully saturated rings. The topological polar surface area (TPSA) is 170 Å². The lowest BCUT2D eigenvalue weighted by atomic mass is 10.1. The van der Waals surface area contributed by atoms with Crippen molar-refractivity contribution in [1.82, 2.24) is 14.5 Å². The zero-order valence-corrected chi connectivity index (χ0v) is 19.2. The highest BCUT2D eigenvalue weighted by molar-refractivity contribution is 9.10. The van der Waals surface area contributed by atoms with Crippen molar-refractivity contribution in [1.29, 1.82) is 0 Å². The molecule has 15 heteroatoms. The fourth-order valence-electron chi connectivity index (χ4n) is 2.68. The Labute approximate surface area is 190 Å². The molecule has 1 amide bonds. The monoisotopic (exact) mass is 523 g/mol. The van der Waals surface area contributed by atoms with Gasteiger partial charge < -0.3 is 31.5 Å². The van der Waals surface area contributed by atoms with Gasteiger partial charge in [0.15, 0.2) is 6.23 Å². The van der Waals surface area contributed by atoms with Gasteiger partial charge in [0, 0.05) is 0 Å². The minimum Gasteiger partial charge on any atom is -0.394 e. The molecule has 4 atom stereocenters. The van der Waals surface area contributed by atoms with Crippen molar-refractivity contribution in [3.8, 4) is 0 Å². The molecular weight excluding hydrogens is 502 g/mol. The first-order chi connectivity index (χ1) is 10.9. The summed E-state index contributed by atoms with van der Waals surface area (Å²) in [7, 11) is 0. The lowest BCUT2D eigenvalue weighted by Gasteiger charge is -2.18. The van der Waals surface area contributed by atoms with Gasteiger partial charge in [-0.25, -0.2) is 9.97 Å². The molecule has 3 heterocycles. The molecular formula is C12H22BrN5O5S4. The molecule has 0 aromatic carbocycles. The number of carbonyl (C=O) groups is 1. The van der Waals surface area contributed by atoms with Crippen molar-refractivity contribution in [3.05, 3.63) is 16.5 Å². The van der Waals surface area contributed by atoms with Gasteiger partial charge in [-0.2, -0.15) is 54.0 Å². The molecule has 2 aromatic heterocycles. The third kappa shape index (κ3) is 4.62.